The molecule has 0 aliphatic carbocycles. The molecule has 0 amide bonds. The van der Waals surface area contributed by atoms with Crippen LogP contribution in [0.25, 0.3) is 22.0 Å². The van der Waals surface area contributed by atoms with E-state index in [0.29, 0.717) is 55.8 Å². The number of fused-ring (bicyclic) bond motifs is 1. The number of sulfonamides is 1. The Bertz CT molecular complexity index is 1930. The first-order valence-electron chi connectivity index (χ1n) is 11.9. The summed E-state index contributed by atoms with van der Waals surface area (Å²) in [5, 5.41) is 6.69. The average Bonchev–Trinajstić information content (AvgIpc) is 3.41. The summed E-state index contributed by atoms with van der Waals surface area (Å²) >= 11 is 6.77. The van der Waals surface area contributed by atoms with Crippen molar-refractivity contribution in [3.8, 4) is 28.5 Å². The molecule has 0 atom stereocenters. The molecule has 1 N–H and O–H groups in total. The highest BCUT2D eigenvalue weighted by atomic mass is 35.5. The molecule has 2 heterocycles. The zero-order valence-corrected chi connectivity index (χ0v) is 24.2. The van der Waals surface area contributed by atoms with Crippen molar-refractivity contribution in [2.75, 3.05) is 25.6 Å². The number of aromatic amines is 1. The fourth-order valence-corrected chi connectivity index (χ4v) is 6.71. The van der Waals surface area contributed by atoms with E-state index in [-0.39, 0.29) is 22.0 Å². The Hall–Kier alpha value is -4.20. The molecule has 0 spiro atoms. The predicted molar refractivity (Wildman–Crippen MR) is 154 cm³/mol. The molecule has 3 aromatic carbocycles. The smallest absolute Gasteiger partial charge is 0.272 e. The molecule has 5 aromatic rings. The number of ether oxygens (including phenoxy) is 3. The number of hydrogen-bond donors (Lipinski definition) is 1. The number of methoxy groups -OCH3 is 3. The third-order valence-electron chi connectivity index (χ3n) is 6.25. The molecule has 0 aliphatic rings. The van der Waals surface area contributed by atoms with Gasteiger partial charge >= 0.3 is 0 Å². The number of benzene rings is 3. The standard InChI is InChI=1S/C27H22ClFN4O6S2/c1-37-17-6-4-15(23(11-17)39-3)14-33(27-30-13-24(29)40-27)41(35,36)18-7-8-19-20(12-18)26(34)32-31-25(19)21-10-16(28)5-9-22(21)38-2/h4-13H,14H2,1-3H3,(H,32,34). The maximum Gasteiger partial charge on any atom is 0.272 e. The van der Waals surface area contributed by atoms with Crippen LogP contribution in [0.1, 0.15) is 5.56 Å². The van der Waals surface area contributed by atoms with Gasteiger partial charge in [-0.3, -0.25) is 4.79 Å². The summed E-state index contributed by atoms with van der Waals surface area (Å²) in [6, 6.07) is 13.9. The van der Waals surface area contributed by atoms with Crippen molar-refractivity contribution < 1.29 is 27.0 Å². The Morgan fingerprint density at radius 2 is 1.76 bits per heavy atom. The lowest BCUT2D eigenvalue weighted by Crippen LogP contribution is -2.30. The van der Waals surface area contributed by atoms with Gasteiger partial charge in [0.05, 0.1) is 44.4 Å². The maximum atomic E-state index is 14.1. The minimum absolute atomic E-state index is 0.0606. The fourth-order valence-electron chi connectivity index (χ4n) is 4.26. The number of rotatable bonds is 9. The molecule has 0 aliphatic heterocycles. The molecule has 0 bridgehead atoms. The zero-order valence-electron chi connectivity index (χ0n) is 21.8. The number of H-pyrrole nitrogens is 1. The van der Waals surface area contributed by atoms with Crippen LogP contribution >= 0.6 is 22.9 Å². The molecule has 0 saturated heterocycles. The monoisotopic (exact) mass is 616 g/mol. The van der Waals surface area contributed by atoms with E-state index in [0.717, 1.165) is 10.5 Å². The molecule has 14 heteroatoms. The second-order valence-corrected chi connectivity index (χ2v) is 11.8. The molecule has 5 rings (SSSR count). The first-order valence-corrected chi connectivity index (χ1v) is 14.5. The summed E-state index contributed by atoms with van der Waals surface area (Å²) in [6.07, 6.45) is 0.940. The van der Waals surface area contributed by atoms with E-state index in [1.54, 1.807) is 36.4 Å². The number of thiazole rings is 1. The Morgan fingerprint density at radius 3 is 2.44 bits per heavy atom. The van der Waals surface area contributed by atoms with Crippen LogP contribution < -0.4 is 24.1 Å². The molecule has 2 aromatic heterocycles. The number of nitrogens with zero attached hydrogens (tertiary/aromatic N) is 3. The first kappa shape index (κ1) is 28.3. The normalized spacial score (nSPS) is 11.4. The third-order valence-corrected chi connectivity index (χ3v) is 9.14. The van der Waals surface area contributed by atoms with Gasteiger partial charge in [-0.05, 0) is 42.5 Å². The van der Waals surface area contributed by atoms with E-state index < -0.39 is 20.7 Å². The Balaban J connectivity index is 1.65. The average molecular weight is 617 g/mol. The van der Waals surface area contributed by atoms with Gasteiger partial charge < -0.3 is 14.2 Å². The molecule has 212 valence electrons. The number of halogens is 2. The molecule has 0 unspecified atom stereocenters. The number of anilines is 1. The van der Waals surface area contributed by atoms with Gasteiger partial charge in [0.2, 0.25) is 5.13 Å². The van der Waals surface area contributed by atoms with E-state index in [9.17, 15) is 17.6 Å². The minimum atomic E-state index is -4.38. The van der Waals surface area contributed by atoms with E-state index >= 15 is 0 Å². The maximum absolute atomic E-state index is 14.1. The van der Waals surface area contributed by atoms with Crippen LogP contribution in [0.4, 0.5) is 9.52 Å². The molecule has 0 saturated carbocycles. The summed E-state index contributed by atoms with van der Waals surface area (Å²) in [6.45, 7) is -0.238. The zero-order chi connectivity index (χ0) is 29.3. The van der Waals surface area contributed by atoms with Crippen LogP contribution in [0.15, 0.2) is 70.5 Å². The highest BCUT2D eigenvalue weighted by molar-refractivity contribution is 7.93. The van der Waals surface area contributed by atoms with Crippen LogP contribution in [0.5, 0.6) is 17.2 Å². The van der Waals surface area contributed by atoms with Crippen LogP contribution in [0.3, 0.4) is 0 Å². The van der Waals surface area contributed by atoms with Gasteiger partial charge in [0.25, 0.3) is 15.6 Å². The van der Waals surface area contributed by atoms with Gasteiger partial charge in [0.1, 0.15) is 22.9 Å². The van der Waals surface area contributed by atoms with Crippen LogP contribution in [0.2, 0.25) is 5.02 Å². The van der Waals surface area contributed by atoms with Crippen molar-refractivity contribution >= 4 is 48.9 Å². The fraction of sp³-hybridized carbons (Fsp3) is 0.148. The largest absolute Gasteiger partial charge is 0.497 e. The van der Waals surface area contributed by atoms with Crippen LogP contribution in [-0.4, -0.2) is 44.9 Å². The summed E-state index contributed by atoms with van der Waals surface area (Å²) < 4.78 is 59.2. The van der Waals surface area contributed by atoms with Gasteiger partial charge in [-0.2, -0.15) is 9.49 Å². The predicted octanol–water partition coefficient (Wildman–Crippen LogP) is 5.26. The van der Waals surface area contributed by atoms with Crippen molar-refractivity contribution in [2.24, 2.45) is 0 Å². The van der Waals surface area contributed by atoms with Gasteiger partial charge in [-0.25, -0.2) is 22.8 Å². The second-order valence-electron chi connectivity index (χ2n) is 8.59. The third kappa shape index (κ3) is 5.43. The summed E-state index contributed by atoms with van der Waals surface area (Å²) in [4.78, 5) is 16.6. The lowest BCUT2D eigenvalue weighted by molar-refractivity contribution is 0.391. The Labute approximate surface area is 243 Å². The molecule has 41 heavy (non-hydrogen) atoms. The van der Waals surface area contributed by atoms with E-state index in [1.165, 1.54) is 39.5 Å². The number of aromatic nitrogens is 3. The van der Waals surface area contributed by atoms with Crippen molar-refractivity contribution in [1.29, 1.82) is 0 Å². The van der Waals surface area contributed by atoms with E-state index in [2.05, 4.69) is 15.2 Å². The minimum Gasteiger partial charge on any atom is -0.497 e. The van der Waals surface area contributed by atoms with E-state index in [1.807, 2.05) is 0 Å². The van der Waals surface area contributed by atoms with Gasteiger partial charge in [-0.1, -0.05) is 29.0 Å². The van der Waals surface area contributed by atoms with Gasteiger partial charge in [0, 0.05) is 27.6 Å². The van der Waals surface area contributed by atoms with Crippen LogP contribution in [0, 0.1) is 5.13 Å². The molecular weight excluding hydrogens is 595 g/mol. The number of hydrogen-bond acceptors (Lipinski definition) is 9. The highest BCUT2D eigenvalue weighted by Crippen LogP contribution is 2.37. The Kier molecular flexibility index (Phi) is 7.84. The van der Waals surface area contributed by atoms with Crippen molar-refractivity contribution in [3.63, 3.8) is 0 Å². The lowest BCUT2D eigenvalue weighted by Gasteiger charge is -2.23. The van der Waals surface area contributed by atoms with Gasteiger partial charge in [0.15, 0.2) is 5.13 Å². The second kappa shape index (κ2) is 11.4. The molecule has 0 radical (unpaired) electrons. The summed E-state index contributed by atoms with van der Waals surface area (Å²) in [7, 11) is 0.0444. The first-order chi connectivity index (χ1) is 19.7. The van der Waals surface area contributed by atoms with Crippen LogP contribution in [-0.2, 0) is 16.6 Å². The Morgan fingerprint density at radius 1 is 0.976 bits per heavy atom. The molecule has 0 fully saturated rings. The number of nitrogens with one attached hydrogen (secondary N) is 1. The van der Waals surface area contributed by atoms with Crippen molar-refractivity contribution in [2.45, 2.75) is 11.4 Å². The molecule has 10 nitrogen and oxygen atoms in total. The topological polar surface area (TPSA) is 124 Å². The van der Waals surface area contributed by atoms with Crippen molar-refractivity contribution in [1.82, 2.24) is 15.2 Å². The van der Waals surface area contributed by atoms with E-state index in [4.69, 9.17) is 25.8 Å². The van der Waals surface area contributed by atoms with Gasteiger partial charge in [-0.15, -0.1) is 0 Å². The summed E-state index contributed by atoms with van der Waals surface area (Å²) in [5.41, 5.74) is 0.712. The highest BCUT2D eigenvalue weighted by Gasteiger charge is 2.30. The molecular formula is C27H22ClFN4O6S2. The summed E-state index contributed by atoms with van der Waals surface area (Å²) in [5.74, 6) is 1.33. The lowest BCUT2D eigenvalue weighted by atomic mass is 10.0. The van der Waals surface area contributed by atoms with Crippen molar-refractivity contribution in [3.05, 3.63) is 86.9 Å². The SMILES string of the molecule is COc1ccc(CN(c2ncc(F)s2)S(=O)(=O)c2ccc3c(-c4cc(Cl)ccc4OC)n[nH]c(=O)c3c2)c(OC)c1. The quantitative estimate of drug-likeness (QED) is 0.238.